The first-order chi connectivity index (χ1) is 16.0. The first-order valence-electron chi connectivity index (χ1n) is 11.6. The SMILES string of the molecule is COc1ccc(CCNC(=O)C2CCN(C(=O)C3CC(=O)N(c4ccccc4)C3)CC2)cc1. The zero-order valence-corrected chi connectivity index (χ0v) is 19.0. The van der Waals surface area contributed by atoms with Crippen LogP contribution in [0.3, 0.4) is 0 Å². The molecule has 0 radical (unpaired) electrons. The molecule has 2 saturated heterocycles. The molecule has 0 bridgehead atoms. The van der Waals surface area contributed by atoms with Gasteiger partial charge in [0.1, 0.15) is 5.75 Å². The predicted octanol–water partition coefficient (Wildman–Crippen LogP) is 2.65. The average molecular weight is 450 g/mol. The van der Waals surface area contributed by atoms with Crippen LogP contribution in [0.15, 0.2) is 54.6 Å². The van der Waals surface area contributed by atoms with Crippen molar-refractivity contribution in [2.75, 3.05) is 38.2 Å². The highest BCUT2D eigenvalue weighted by Crippen LogP contribution is 2.28. The number of nitrogens with one attached hydrogen (secondary N) is 1. The summed E-state index contributed by atoms with van der Waals surface area (Å²) in [5, 5.41) is 3.03. The van der Waals surface area contributed by atoms with Crippen LogP contribution in [0.5, 0.6) is 5.75 Å². The average Bonchev–Trinajstić information content (AvgIpc) is 3.26. The van der Waals surface area contributed by atoms with Gasteiger partial charge in [-0.3, -0.25) is 14.4 Å². The van der Waals surface area contributed by atoms with E-state index in [2.05, 4.69) is 5.32 Å². The molecule has 1 atom stereocenters. The van der Waals surface area contributed by atoms with Gasteiger partial charge in [-0.05, 0) is 49.1 Å². The van der Waals surface area contributed by atoms with Gasteiger partial charge >= 0.3 is 0 Å². The standard InChI is InChI=1S/C26H31N3O4/c1-33-23-9-7-19(8-10-23)11-14-27-25(31)20-12-15-28(16-13-20)26(32)21-17-24(30)29(18-21)22-5-3-2-4-6-22/h2-10,20-21H,11-18H2,1H3,(H,27,31). The number of likely N-dealkylation sites (tertiary alicyclic amines) is 1. The van der Waals surface area contributed by atoms with Crippen LogP contribution in [0.2, 0.25) is 0 Å². The summed E-state index contributed by atoms with van der Waals surface area (Å²) >= 11 is 0. The maximum atomic E-state index is 13.0. The number of hydrogen-bond acceptors (Lipinski definition) is 4. The van der Waals surface area contributed by atoms with Crippen LogP contribution in [0.25, 0.3) is 0 Å². The molecular formula is C26H31N3O4. The fraction of sp³-hybridized carbons (Fsp3) is 0.423. The highest BCUT2D eigenvalue weighted by atomic mass is 16.5. The quantitative estimate of drug-likeness (QED) is 0.705. The smallest absolute Gasteiger partial charge is 0.228 e. The van der Waals surface area contributed by atoms with Gasteiger partial charge in [-0.2, -0.15) is 0 Å². The summed E-state index contributed by atoms with van der Waals surface area (Å²) < 4.78 is 5.16. The molecule has 0 spiro atoms. The molecule has 2 aromatic carbocycles. The Morgan fingerprint density at radius 2 is 1.70 bits per heavy atom. The minimum Gasteiger partial charge on any atom is -0.497 e. The van der Waals surface area contributed by atoms with Gasteiger partial charge in [0.15, 0.2) is 0 Å². The molecule has 2 fully saturated rings. The zero-order chi connectivity index (χ0) is 23.2. The first-order valence-corrected chi connectivity index (χ1v) is 11.6. The Labute approximate surface area is 194 Å². The van der Waals surface area contributed by atoms with Crippen LogP contribution in [-0.4, -0.2) is 55.9 Å². The Morgan fingerprint density at radius 1 is 1.00 bits per heavy atom. The number of anilines is 1. The molecule has 2 heterocycles. The van der Waals surface area contributed by atoms with E-state index in [0.717, 1.165) is 23.4 Å². The third kappa shape index (κ3) is 5.53. The van der Waals surface area contributed by atoms with E-state index in [4.69, 9.17) is 4.74 Å². The van der Waals surface area contributed by atoms with E-state index in [1.807, 2.05) is 59.5 Å². The molecule has 1 N–H and O–H groups in total. The molecule has 4 rings (SSSR count). The van der Waals surface area contributed by atoms with Gasteiger partial charge in [0, 0.05) is 44.2 Å². The lowest BCUT2D eigenvalue weighted by Crippen LogP contribution is -2.45. The maximum Gasteiger partial charge on any atom is 0.228 e. The van der Waals surface area contributed by atoms with Crippen molar-refractivity contribution in [3.8, 4) is 5.75 Å². The molecule has 174 valence electrons. The van der Waals surface area contributed by atoms with Crippen LogP contribution in [-0.2, 0) is 20.8 Å². The number of nitrogens with zero attached hydrogens (tertiary/aromatic N) is 2. The lowest BCUT2D eigenvalue weighted by molar-refractivity contribution is -0.139. The summed E-state index contributed by atoms with van der Waals surface area (Å²) in [6.07, 6.45) is 2.33. The molecule has 33 heavy (non-hydrogen) atoms. The largest absolute Gasteiger partial charge is 0.497 e. The molecule has 1 unspecified atom stereocenters. The number of ether oxygens (including phenoxy) is 1. The van der Waals surface area contributed by atoms with Crippen molar-refractivity contribution in [2.45, 2.75) is 25.7 Å². The van der Waals surface area contributed by atoms with Crippen LogP contribution in [0.4, 0.5) is 5.69 Å². The van der Waals surface area contributed by atoms with Crippen LogP contribution in [0, 0.1) is 11.8 Å². The highest BCUT2D eigenvalue weighted by Gasteiger charge is 2.38. The molecule has 2 aromatic rings. The Hall–Kier alpha value is -3.35. The van der Waals surface area contributed by atoms with Crippen molar-refractivity contribution in [3.63, 3.8) is 0 Å². The third-order valence-corrected chi connectivity index (χ3v) is 6.59. The van der Waals surface area contributed by atoms with Gasteiger partial charge in [-0.25, -0.2) is 0 Å². The Bertz CT molecular complexity index is 969. The van der Waals surface area contributed by atoms with Crippen molar-refractivity contribution in [3.05, 3.63) is 60.2 Å². The van der Waals surface area contributed by atoms with Gasteiger partial charge in [-0.1, -0.05) is 30.3 Å². The summed E-state index contributed by atoms with van der Waals surface area (Å²) in [5.41, 5.74) is 1.98. The number of para-hydroxylation sites is 1. The third-order valence-electron chi connectivity index (χ3n) is 6.59. The molecule has 7 nitrogen and oxygen atoms in total. The zero-order valence-electron chi connectivity index (χ0n) is 19.0. The molecule has 2 aliphatic heterocycles. The van der Waals surface area contributed by atoms with E-state index >= 15 is 0 Å². The minimum absolute atomic E-state index is 0.00864. The van der Waals surface area contributed by atoms with Gasteiger partial charge < -0.3 is 19.9 Å². The molecule has 7 heteroatoms. The van der Waals surface area contributed by atoms with Gasteiger partial charge in [0.25, 0.3) is 0 Å². The lowest BCUT2D eigenvalue weighted by Gasteiger charge is -2.33. The van der Waals surface area contributed by atoms with Crippen molar-refractivity contribution in [2.24, 2.45) is 11.8 Å². The van der Waals surface area contributed by atoms with Crippen LogP contribution >= 0.6 is 0 Å². The number of carbonyl (C=O) groups excluding carboxylic acids is 3. The van der Waals surface area contributed by atoms with Crippen LogP contribution in [0.1, 0.15) is 24.8 Å². The molecule has 2 aliphatic rings. The molecule has 3 amide bonds. The first kappa shape index (κ1) is 22.8. The number of benzene rings is 2. The number of amides is 3. The maximum absolute atomic E-state index is 13.0. The second kappa shape index (κ2) is 10.5. The Kier molecular flexibility index (Phi) is 7.27. The fourth-order valence-corrected chi connectivity index (χ4v) is 4.62. The number of piperidine rings is 1. The summed E-state index contributed by atoms with van der Waals surface area (Å²) in [5.74, 6) is 0.509. The van der Waals surface area contributed by atoms with Gasteiger partial charge in [0.2, 0.25) is 17.7 Å². The highest BCUT2D eigenvalue weighted by molar-refractivity contribution is 6.00. The molecule has 0 saturated carbocycles. The predicted molar refractivity (Wildman–Crippen MR) is 126 cm³/mol. The van der Waals surface area contributed by atoms with Crippen molar-refractivity contribution >= 4 is 23.4 Å². The number of methoxy groups -OCH3 is 1. The fourth-order valence-electron chi connectivity index (χ4n) is 4.62. The molecule has 0 aromatic heterocycles. The summed E-state index contributed by atoms with van der Waals surface area (Å²) in [4.78, 5) is 41.6. The second-order valence-corrected chi connectivity index (χ2v) is 8.73. The van der Waals surface area contributed by atoms with Crippen molar-refractivity contribution < 1.29 is 19.1 Å². The second-order valence-electron chi connectivity index (χ2n) is 8.73. The number of rotatable bonds is 7. The van der Waals surface area contributed by atoms with Crippen molar-refractivity contribution in [1.29, 1.82) is 0 Å². The van der Waals surface area contributed by atoms with E-state index in [9.17, 15) is 14.4 Å². The van der Waals surface area contributed by atoms with Gasteiger partial charge in [0.05, 0.1) is 13.0 Å². The Morgan fingerprint density at radius 3 is 2.36 bits per heavy atom. The summed E-state index contributed by atoms with van der Waals surface area (Å²) in [6.45, 7) is 2.13. The Balaban J connectivity index is 1.21. The minimum atomic E-state index is -0.312. The van der Waals surface area contributed by atoms with E-state index in [0.29, 0.717) is 39.0 Å². The molecule has 0 aliphatic carbocycles. The number of carbonyl (C=O) groups is 3. The summed E-state index contributed by atoms with van der Waals surface area (Å²) in [7, 11) is 1.64. The van der Waals surface area contributed by atoms with Crippen molar-refractivity contribution in [1.82, 2.24) is 10.2 Å². The van der Waals surface area contributed by atoms with E-state index in [1.54, 1.807) is 12.0 Å². The monoisotopic (exact) mass is 449 g/mol. The van der Waals surface area contributed by atoms with Gasteiger partial charge in [-0.15, -0.1) is 0 Å². The normalized spacial score (nSPS) is 18.9. The number of hydrogen-bond donors (Lipinski definition) is 1. The summed E-state index contributed by atoms with van der Waals surface area (Å²) in [6, 6.07) is 17.3. The van der Waals surface area contributed by atoms with E-state index < -0.39 is 0 Å². The van der Waals surface area contributed by atoms with E-state index in [-0.39, 0.29) is 36.0 Å². The topological polar surface area (TPSA) is 79.0 Å². The van der Waals surface area contributed by atoms with E-state index in [1.165, 1.54) is 0 Å². The molecular weight excluding hydrogens is 418 g/mol. The van der Waals surface area contributed by atoms with Crippen LogP contribution < -0.4 is 15.0 Å². The lowest BCUT2D eigenvalue weighted by atomic mass is 9.94.